The fourth-order valence-electron chi connectivity index (χ4n) is 1.62. The number of hydrogen-bond donors (Lipinski definition) is 1. The third kappa shape index (κ3) is 2.39. The standard InChI is InChI=1S/C11H14FNO2/c12-9-4-1-5-10(13)11(9)15-8-3-2-6-14-7-8/h1,4-5,8H,2-3,6-7,13H2. The van der Waals surface area contributed by atoms with Crippen molar-refractivity contribution < 1.29 is 13.9 Å². The van der Waals surface area contributed by atoms with Crippen LogP contribution in [0.1, 0.15) is 12.8 Å². The highest BCUT2D eigenvalue weighted by atomic mass is 19.1. The van der Waals surface area contributed by atoms with Crippen LogP contribution in [0.4, 0.5) is 10.1 Å². The van der Waals surface area contributed by atoms with Crippen LogP contribution in [0.5, 0.6) is 5.75 Å². The lowest BCUT2D eigenvalue weighted by Crippen LogP contribution is -2.28. The third-order valence-electron chi connectivity index (χ3n) is 2.40. The molecule has 15 heavy (non-hydrogen) atoms. The van der Waals surface area contributed by atoms with Crippen LogP contribution in [0.3, 0.4) is 0 Å². The molecule has 1 saturated heterocycles. The summed E-state index contributed by atoms with van der Waals surface area (Å²) < 4.78 is 24.1. The predicted octanol–water partition coefficient (Wildman–Crippen LogP) is 1.97. The molecule has 0 bridgehead atoms. The van der Waals surface area contributed by atoms with Crippen LogP contribution in [0.2, 0.25) is 0 Å². The number of nitrogen functional groups attached to an aromatic ring is 1. The Morgan fingerprint density at radius 1 is 1.47 bits per heavy atom. The molecule has 1 aromatic rings. The van der Waals surface area contributed by atoms with Gasteiger partial charge in [-0.15, -0.1) is 0 Å². The monoisotopic (exact) mass is 211 g/mol. The first-order valence-electron chi connectivity index (χ1n) is 5.06. The van der Waals surface area contributed by atoms with E-state index in [0.29, 0.717) is 12.3 Å². The molecule has 2 N–H and O–H groups in total. The van der Waals surface area contributed by atoms with Crippen molar-refractivity contribution >= 4 is 5.69 Å². The number of nitrogens with two attached hydrogens (primary N) is 1. The van der Waals surface area contributed by atoms with Gasteiger partial charge in [0.1, 0.15) is 6.10 Å². The summed E-state index contributed by atoms with van der Waals surface area (Å²) in [7, 11) is 0. The Morgan fingerprint density at radius 3 is 3.00 bits per heavy atom. The molecule has 1 aromatic carbocycles. The van der Waals surface area contributed by atoms with E-state index < -0.39 is 5.82 Å². The largest absolute Gasteiger partial charge is 0.483 e. The fraction of sp³-hybridized carbons (Fsp3) is 0.455. The molecule has 1 heterocycles. The van der Waals surface area contributed by atoms with Crippen LogP contribution < -0.4 is 10.5 Å². The minimum atomic E-state index is -0.416. The summed E-state index contributed by atoms with van der Waals surface area (Å²) in [4.78, 5) is 0. The molecule has 0 saturated carbocycles. The van der Waals surface area contributed by atoms with Gasteiger partial charge in [-0.05, 0) is 25.0 Å². The lowest BCUT2D eigenvalue weighted by atomic mass is 10.2. The summed E-state index contributed by atoms with van der Waals surface area (Å²) in [5.41, 5.74) is 5.97. The number of benzene rings is 1. The minimum absolute atomic E-state index is 0.0852. The number of ether oxygens (including phenoxy) is 2. The fourth-order valence-corrected chi connectivity index (χ4v) is 1.62. The Bertz CT molecular complexity index is 317. The van der Waals surface area contributed by atoms with E-state index in [0.717, 1.165) is 19.4 Å². The Labute approximate surface area is 88.0 Å². The Hall–Kier alpha value is -1.29. The van der Waals surface area contributed by atoms with E-state index in [9.17, 15) is 4.39 Å². The highest BCUT2D eigenvalue weighted by Gasteiger charge is 2.18. The van der Waals surface area contributed by atoms with Crippen molar-refractivity contribution in [1.82, 2.24) is 0 Å². The minimum Gasteiger partial charge on any atom is -0.483 e. The number of hydrogen-bond acceptors (Lipinski definition) is 3. The molecule has 0 aliphatic carbocycles. The second-order valence-electron chi connectivity index (χ2n) is 3.62. The Balaban J connectivity index is 2.09. The van der Waals surface area contributed by atoms with Crippen molar-refractivity contribution in [1.29, 1.82) is 0 Å². The predicted molar refractivity (Wildman–Crippen MR) is 55.3 cm³/mol. The van der Waals surface area contributed by atoms with Crippen LogP contribution in [0.15, 0.2) is 18.2 Å². The molecule has 4 heteroatoms. The van der Waals surface area contributed by atoms with Gasteiger partial charge in [-0.3, -0.25) is 0 Å². The first kappa shape index (κ1) is 10.2. The summed E-state index contributed by atoms with van der Waals surface area (Å²) >= 11 is 0. The van der Waals surface area contributed by atoms with Crippen molar-refractivity contribution in [3.8, 4) is 5.75 Å². The summed E-state index contributed by atoms with van der Waals surface area (Å²) in [5, 5.41) is 0. The summed E-state index contributed by atoms with van der Waals surface area (Å²) in [6, 6.07) is 4.53. The molecule has 1 atom stereocenters. The molecule has 1 unspecified atom stereocenters. The van der Waals surface area contributed by atoms with E-state index in [1.165, 1.54) is 6.07 Å². The van der Waals surface area contributed by atoms with Gasteiger partial charge in [-0.1, -0.05) is 6.07 Å². The highest BCUT2D eigenvalue weighted by Crippen LogP contribution is 2.27. The molecule has 1 aliphatic heterocycles. The zero-order chi connectivity index (χ0) is 10.7. The quantitative estimate of drug-likeness (QED) is 0.760. The topological polar surface area (TPSA) is 44.5 Å². The van der Waals surface area contributed by atoms with Gasteiger partial charge in [0, 0.05) is 6.61 Å². The second-order valence-corrected chi connectivity index (χ2v) is 3.62. The van der Waals surface area contributed by atoms with E-state index in [4.69, 9.17) is 15.2 Å². The number of para-hydroxylation sites is 1. The lowest BCUT2D eigenvalue weighted by molar-refractivity contribution is 0.00623. The SMILES string of the molecule is Nc1cccc(F)c1OC1CCCOC1. The summed E-state index contributed by atoms with van der Waals surface area (Å²) in [6.07, 6.45) is 1.74. The van der Waals surface area contributed by atoms with Crippen LogP contribution in [-0.4, -0.2) is 19.3 Å². The third-order valence-corrected chi connectivity index (χ3v) is 2.40. The lowest BCUT2D eigenvalue weighted by Gasteiger charge is -2.24. The van der Waals surface area contributed by atoms with E-state index in [1.807, 2.05) is 0 Å². The molecule has 0 radical (unpaired) electrons. The maximum atomic E-state index is 13.4. The van der Waals surface area contributed by atoms with E-state index in [1.54, 1.807) is 12.1 Å². The van der Waals surface area contributed by atoms with Gasteiger partial charge in [-0.2, -0.15) is 0 Å². The average molecular weight is 211 g/mol. The molecule has 1 aliphatic rings. The zero-order valence-corrected chi connectivity index (χ0v) is 8.41. The van der Waals surface area contributed by atoms with Gasteiger partial charge in [0.05, 0.1) is 12.3 Å². The van der Waals surface area contributed by atoms with Crippen molar-refractivity contribution in [2.45, 2.75) is 18.9 Å². The summed E-state index contributed by atoms with van der Waals surface area (Å²) in [5.74, 6) is -0.270. The van der Waals surface area contributed by atoms with Gasteiger partial charge in [0.25, 0.3) is 0 Å². The Morgan fingerprint density at radius 2 is 2.33 bits per heavy atom. The maximum absolute atomic E-state index is 13.4. The van der Waals surface area contributed by atoms with Crippen LogP contribution in [0, 0.1) is 5.82 Å². The molecule has 3 nitrogen and oxygen atoms in total. The Kier molecular flexibility index (Phi) is 3.06. The molecular formula is C11H14FNO2. The second kappa shape index (κ2) is 4.49. The van der Waals surface area contributed by atoms with Crippen molar-refractivity contribution in [3.63, 3.8) is 0 Å². The van der Waals surface area contributed by atoms with Gasteiger partial charge >= 0.3 is 0 Å². The normalized spacial score (nSPS) is 21.3. The van der Waals surface area contributed by atoms with E-state index in [-0.39, 0.29) is 11.9 Å². The highest BCUT2D eigenvalue weighted by molar-refractivity contribution is 5.52. The molecule has 0 spiro atoms. The zero-order valence-electron chi connectivity index (χ0n) is 8.41. The van der Waals surface area contributed by atoms with Gasteiger partial charge in [0.2, 0.25) is 0 Å². The van der Waals surface area contributed by atoms with E-state index in [2.05, 4.69) is 0 Å². The van der Waals surface area contributed by atoms with E-state index >= 15 is 0 Å². The first-order chi connectivity index (χ1) is 7.27. The molecule has 82 valence electrons. The smallest absolute Gasteiger partial charge is 0.178 e. The summed E-state index contributed by atoms with van der Waals surface area (Å²) in [6.45, 7) is 1.26. The number of halogens is 1. The molecular weight excluding hydrogens is 197 g/mol. The van der Waals surface area contributed by atoms with Gasteiger partial charge < -0.3 is 15.2 Å². The van der Waals surface area contributed by atoms with Crippen molar-refractivity contribution in [2.24, 2.45) is 0 Å². The van der Waals surface area contributed by atoms with Gasteiger partial charge in [-0.25, -0.2) is 4.39 Å². The number of rotatable bonds is 2. The maximum Gasteiger partial charge on any atom is 0.178 e. The van der Waals surface area contributed by atoms with Gasteiger partial charge in [0.15, 0.2) is 11.6 Å². The van der Waals surface area contributed by atoms with Crippen LogP contribution in [-0.2, 0) is 4.74 Å². The van der Waals surface area contributed by atoms with Crippen molar-refractivity contribution in [3.05, 3.63) is 24.0 Å². The molecule has 1 fully saturated rings. The molecule has 2 rings (SSSR count). The van der Waals surface area contributed by atoms with Crippen LogP contribution >= 0.6 is 0 Å². The first-order valence-corrected chi connectivity index (χ1v) is 5.06. The molecule has 0 aromatic heterocycles. The van der Waals surface area contributed by atoms with Crippen molar-refractivity contribution in [2.75, 3.05) is 18.9 Å². The molecule has 0 amide bonds. The average Bonchev–Trinajstić information content (AvgIpc) is 2.25. The van der Waals surface area contributed by atoms with Crippen LogP contribution in [0.25, 0.3) is 0 Å². The number of anilines is 1.